The van der Waals surface area contributed by atoms with E-state index >= 15 is 0 Å². The molecule has 1 N–H and O–H groups in total. The van der Waals surface area contributed by atoms with Gasteiger partial charge < -0.3 is 10.0 Å². The first-order valence-electron chi connectivity index (χ1n) is 9.65. The Morgan fingerprint density at radius 3 is 2.96 bits per heavy atom. The summed E-state index contributed by atoms with van der Waals surface area (Å²) in [6, 6.07) is 0.515. The standard InChI is InChI=1S/C19H33N3OS/c1-3-4-5-9-21-11-7-18-19(14-21,15-23)8-6-10-22(18)12-17-13-24-16(2)20-17/h13,18,23H,3-12,14-15H2,1-2H3/t18-,19-/m1/s1. The number of thiazole rings is 1. The van der Waals surface area contributed by atoms with Crippen LogP contribution in [0.25, 0.3) is 0 Å². The van der Waals surface area contributed by atoms with Gasteiger partial charge in [0.2, 0.25) is 0 Å². The molecule has 3 rings (SSSR count). The van der Waals surface area contributed by atoms with Crippen LogP contribution in [0.5, 0.6) is 0 Å². The second kappa shape index (κ2) is 8.26. The summed E-state index contributed by atoms with van der Waals surface area (Å²) in [7, 11) is 0. The van der Waals surface area contributed by atoms with Crippen molar-refractivity contribution < 1.29 is 5.11 Å². The van der Waals surface area contributed by atoms with Gasteiger partial charge in [-0.15, -0.1) is 11.3 Å². The fourth-order valence-corrected chi connectivity index (χ4v) is 5.34. The topological polar surface area (TPSA) is 39.6 Å². The molecule has 2 aliphatic rings. The van der Waals surface area contributed by atoms with E-state index in [1.54, 1.807) is 11.3 Å². The highest BCUT2D eigenvalue weighted by molar-refractivity contribution is 7.09. The summed E-state index contributed by atoms with van der Waals surface area (Å²) < 4.78 is 0. The lowest BCUT2D eigenvalue weighted by Gasteiger charge is -2.54. The number of piperidine rings is 2. The van der Waals surface area contributed by atoms with Crippen LogP contribution in [0.3, 0.4) is 0 Å². The third-order valence-electron chi connectivity index (χ3n) is 5.95. The Labute approximate surface area is 150 Å². The van der Waals surface area contributed by atoms with Crippen LogP contribution in [0, 0.1) is 12.3 Å². The first kappa shape index (κ1) is 18.3. The average Bonchev–Trinajstić information content (AvgIpc) is 3.00. The van der Waals surface area contributed by atoms with Gasteiger partial charge in [-0.25, -0.2) is 4.98 Å². The molecular weight excluding hydrogens is 318 g/mol. The lowest BCUT2D eigenvalue weighted by molar-refractivity contribution is -0.0818. The first-order valence-corrected chi connectivity index (χ1v) is 10.5. The van der Waals surface area contributed by atoms with Crippen molar-refractivity contribution in [2.24, 2.45) is 5.41 Å². The number of fused-ring (bicyclic) bond motifs is 1. The molecule has 4 nitrogen and oxygen atoms in total. The molecule has 1 aromatic rings. The van der Waals surface area contributed by atoms with E-state index in [1.165, 1.54) is 57.3 Å². The normalized spacial score (nSPS) is 28.9. The third kappa shape index (κ3) is 4.01. The van der Waals surface area contributed by atoms with Gasteiger partial charge in [0.15, 0.2) is 0 Å². The molecule has 2 aliphatic heterocycles. The molecule has 5 heteroatoms. The molecule has 2 saturated heterocycles. The SMILES string of the molecule is CCCCCN1CC[C@H]2N(Cc3csc(C)n3)CCC[C@]2(CO)C1. The summed E-state index contributed by atoms with van der Waals surface area (Å²) in [6.45, 7) is 10.2. The highest BCUT2D eigenvalue weighted by atomic mass is 32.1. The third-order valence-corrected chi connectivity index (χ3v) is 6.77. The van der Waals surface area contributed by atoms with E-state index in [2.05, 4.69) is 34.0 Å². The molecule has 0 radical (unpaired) electrons. The Kier molecular flexibility index (Phi) is 6.30. The maximum Gasteiger partial charge on any atom is 0.0897 e. The molecule has 136 valence electrons. The quantitative estimate of drug-likeness (QED) is 0.765. The van der Waals surface area contributed by atoms with Crippen LogP contribution in [0.15, 0.2) is 5.38 Å². The second-order valence-corrected chi connectivity index (χ2v) is 8.80. The number of aliphatic hydroxyl groups is 1. The van der Waals surface area contributed by atoms with E-state index in [0.29, 0.717) is 12.6 Å². The van der Waals surface area contributed by atoms with Gasteiger partial charge in [-0.2, -0.15) is 0 Å². The summed E-state index contributed by atoms with van der Waals surface area (Å²) in [5, 5.41) is 13.6. The van der Waals surface area contributed by atoms with Crippen LogP contribution in [-0.2, 0) is 6.54 Å². The van der Waals surface area contributed by atoms with Crippen molar-refractivity contribution in [2.75, 3.05) is 32.8 Å². The zero-order valence-corrected chi connectivity index (χ0v) is 16.2. The van der Waals surface area contributed by atoms with Crippen LogP contribution in [0.2, 0.25) is 0 Å². The second-order valence-electron chi connectivity index (χ2n) is 7.74. The minimum absolute atomic E-state index is 0.0772. The van der Waals surface area contributed by atoms with E-state index in [9.17, 15) is 5.11 Å². The lowest BCUT2D eigenvalue weighted by Crippen LogP contribution is -2.62. The summed E-state index contributed by atoms with van der Waals surface area (Å²) >= 11 is 1.74. The fourth-order valence-electron chi connectivity index (χ4n) is 4.74. The maximum atomic E-state index is 10.3. The molecule has 0 saturated carbocycles. The molecule has 0 unspecified atom stereocenters. The van der Waals surface area contributed by atoms with E-state index < -0.39 is 0 Å². The van der Waals surface area contributed by atoms with Gasteiger partial charge in [-0.3, -0.25) is 4.90 Å². The number of aryl methyl sites for hydroxylation is 1. The van der Waals surface area contributed by atoms with Gasteiger partial charge in [-0.1, -0.05) is 19.8 Å². The van der Waals surface area contributed by atoms with Crippen LogP contribution in [-0.4, -0.2) is 58.7 Å². The molecule has 3 heterocycles. The number of aliphatic hydroxyl groups excluding tert-OH is 1. The summed E-state index contributed by atoms with van der Waals surface area (Å²) in [5.74, 6) is 0. The van der Waals surface area contributed by atoms with Crippen molar-refractivity contribution in [3.63, 3.8) is 0 Å². The van der Waals surface area contributed by atoms with Crippen molar-refractivity contribution in [1.29, 1.82) is 0 Å². The molecule has 2 fully saturated rings. The molecule has 0 aliphatic carbocycles. The Balaban J connectivity index is 1.66. The Bertz CT molecular complexity index is 520. The van der Waals surface area contributed by atoms with Crippen molar-refractivity contribution in [3.8, 4) is 0 Å². The summed E-state index contributed by atoms with van der Waals surface area (Å²) in [4.78, 5) is 9.88. The molecule has 0 aromatic carbocycles. The van der Waals surface area contributed by atoms with Crippen molar-refractivity contribution >= 4 is 11.3 Å². The monoisotopic (exact) mass is 351 g/mol. The van der Waals surface area contributed by atoms with Crippen LogP contribution >= 0.6 is 11.3 Å². The maximum absolute atomic E-state index is 10.3. The van der Waals surface area contributed by atoms with E-state index in [0.717, 1.165) is 24.6 Å². The molecule has 24 heavy (non-hydrogen) atoms. The van der Waals surface area contributed by atoms with Gasteiger partial charge >= 0.3 is 0 Å². The number of hydrogen-bond donors (Lipinski definition) is 1. The van der Waals surface area contributed by atoms with Gasteiger partial charge in [0.1, 0.15) is 0 Å². The fraction of sp³-hybridized carbons (Fsp3) is 0.842. The van der Waals surface area contributed by atoms with E-state index in [1.807, 2.05) is 0 Å². The predicted octanol–water partition coefficient (Wildman–Crippen LogP) is 3.29. The zero-order chi connectivity index (χ0) is 17.0. The molecule has 2 atom stereocenters. The summed E-state index contributed by atoms with van der Waals surface area (Å²) in [5.41, 5.74) is 1.28. The number of likely N-dealkylation sites (tertiary alicyclic amines) is 2. The zero-order valence-electron chi connectivity index (χ0n) is 15.3. The molecule has 1 aromatic heterocycles. The number of nitrogens with zero attached hydrogens (tertiary/aromatic N) is 3. The number of aromatic nitrogens is 1. The van der Waals surface area contributed by atoms with Crippen molar-refractivity contribution in [2.45, 2.75) is 65.0 Å². The Morgan fingerprint density at radius 1 is 1.38 bits per heavy atom. The van der Waals surface area contributed by atoms with E-state index in [4.69, 9.17) is 0 Å². The van der Waals surface area contributed by atoms with Gasteiger partial charge in [-0.05, 0) is 52.2 Å². The van der Waals surface area contributed by atoms with Crippen molar-refractivity contribution in [1.82, 2.24) is 14.8 Å². The van der Waals surface area contributed by atoms with Crippen LogP contribution < -0.4 is 0 Å². The molecule has 0 amide bonds. The van der Waals surface area contributed by atoms with Crippen molar-refractivity contribution in [3.05, 3.63) is 16.1 Å². The Morgan fingerprint density at radius 2 is 2.25 bits per heavy atom. The molecule has 0 spiro atoms. The predicted molar refractivity (Wildman–Crippen MR) is 100 cm³/mol. The smallest absolute Gasteiger partial charge is 0.0897 e. The van der Waals surface area contributed by atoms with Gasteiger partial charge in [0.25, 0.3) is 0 Å². The average molecular weight is 352 g/mol. The number of hydrogen-bond acceptors (Lipinski definition) is 5. The number of unbranched alkanes of at least 4 members (excludes halogenated alkanes) is 2. The van der Waals surface area contributed by atoms with Gasteiger partial charge in [0, 0.05) is 29.9 Å². The largest absolute Gasteiger partial charge is 0.396 e. The van der Waals surface area contributed by atoms with E-state index in [-0.39, 0.29) is 5.41 Å². The van der Waals surface area contributed by atoms with Crippen LogP contribution in [0.4, 0.5) is 0 Å². The minimum atomic E-state index is 0.0772. The minimum Gasteiger partial charge on any atom is -0.396 e. The van der Waals surface area contributed by atoms with Crippen LogP contribution in [0.1, 0.15) is 56.2 Å². The highest BCUT2D eigenvalue weighted by Crippen LogP contribution is 2.41. The number of rotatable bonds is 7. The first-order chi connectivity index (χ1) is 11.7. The molecule has 0 bridgehead atoms. The highest BCUT2D eigenvalue weighted by Gasteiger charge is 2.47. The molecular formula is C19H33N3OS. The van der Waals surface area contributed by atoms with Gasteiger partial charge in [0.05, 0.1) is 17.3 Å². The lowest BCUT2D eigenvalue weighted by atomic mass is 9.69. The summed E-state index contributed by atoms with van der Waals surface area (Å²) in [6.07, 6.45) is 7.46. The Hall–Kier alpha value is -0.490.